The first-order chi connectivity index (χ1) is 11.9. The van der Waals surface area contributed by atoms with E-state index in [0.717, 1.165) is 24.2 Å². The number of rotatable bonds is 5. The second-order valence-corrected chi connectivity index (χ2v) is 8.58. The van der Waals surface area contributed by atoms with Gasteiger partial charge in [0.05, 0.1) is 0 Å². The molecule has 6 heteroatoms. The number of carbonyl (C=O) groups is 2. The van der Waals surface area contributed by atoms with Crippen LogP contribution in [0.4, 0.5) is 0 Å². The van der Waals surface area contributed by atoms with E-state index in [1.165, 1.54) is 49.4 Å². The number of nitrogens with one attached hydrogen (secondary N) is 1. The van der Waals surface area contributed by atoms with E-state index < -0.39 is 5.97 Å². The molecule has 2 N–H and O–H groups in total. The van der Waals surface area contributed by atoms with Crippen LogP contribution in [0.25, 0.3) is 0 Å². The van der Waals surface area contributed by atoms with Gasteiger partial charge in [0.15, 0.2) is 5.69 Å². The molecule has 0 aromatic carbocycles. The predicted octanol–water partition coefficient (Wildman–Crippen LogP) is 2.84. The van der Waals surface area contributed by atoms with Gasteiger partial charge in [-0.05, 0) is 68.1 Å². The Labute approximate surface area is 148 Å². The van der Waals surface area contributed by atoms with Crippen molar-refractivity contribution in [2.75, 3.05) is 0 Å². The van der Waals surface area contributed by atoms with Gasteiger partial charge in [-0.25, -0.2) is 4.79 Å². The van der Waals surface area contributed by atoms with Crippen LogP contribution < -0.4 is 5.32 Å². The fraction of sp³-hybridized carbons (Fsp3) is 0.737. The Morgan fingerprint density at radius 1 is 1.28 bits per heavy atom. The second kappa shape index (κ2) is 5.85. The summed E-state index contributed by atoms with van der Waals surface area (Å²) in [6, 6.07) is 0.108. The highest BCUT2D eigenvalue weighted by Gasteiger charge is 2.54. The van der Waals surface area contributed by atoms with Gasteiger partial charge in [-0.3, -0.25) is 9.48 Å². The first-order valence-electron chi connectivity index (χ1n) is 9.48. The number of carboxylic acid groups (broad SMARTS) is 1. The number of nitrogens with zero attached hydrogens (tertiary/aromatic N) is 2. The summed E-state index contributed by atoms with van der Waals surface area (Å²) in [4.78, 5) is 24.2. The third-order valence-corrected chi connectivity index (χ3v) is 6.81. The lowest BCUT2D eigenvalue weighted by Gasteiger charge is -2.59. The summed E-state index contributed by atoms with van der Waals surface area (Å²) in [6.45, 7) is 2.13. The van der Waals surface area contributed by atoms with Gasteiger partial charge in [0.2, 0.25) is 0 Å². The molecule has 1 aromatic heterocycles. The van der Waals surface area contributed by atoms with Crippen LogP contribution >= 0.6 is 0 Å². The second-order valence-electron chi connectivity index (χ2n) is 8.58. The maximum atomic E-state index is 12.8. The fourth-order valence-electron chi connectivity index (χ4n) is 6.33. The molecule has 1 aromatic rings. The van der Waals surface area contributed by atoms with Gasteiger partial charge in [-0.2, -0.15) is 5.10 Å². The van der Waals surface area contributed by atoms with Crippen molar-refractivity contribution >= 4 is 11.9 Å². The lowest BCUT2D eigenvalue weighted by molar-refractivity contribution is -0.0727. The van der Waals surface area contributed by atoms with E-state index in [0.29, 0.717) is 0 Å². The SMILES string of the molecule is CC[C@H](NC(=O)c1nn(C)cc1C(=O)O)C12CC3CC(CC(C3)C1)C2. The molecule has 4 fully saturated rings. The molecule has 5 rings (SSSR count). The number of carboxylic acids is 1. The summed E-state index contributed by atoms with van der Waals surface area (Å²) in [6.07, 6.45) is 10.0. The van der Waals surface area contributed by atoms with E-state index in [1.54, 1.807) is 7.05 Å². The molecule has 0 aliphatic heterocycles. The average molecular weight is 345 g/mol. The summed E-state index contributed by atoms with van der Waals surface area (Å²) in [5.41, 5.74) is 0.204. The number of hydrogen-bond donors (Lipinski definition) is 2. The Kier molecular flexibility index (Phi) is 3.89. The zero-order chi connectivity index (χ0) is 17.8. The van der Waals surface area contributed by atoms with Crippen LogP contribution in [-0.2, 0) is 7.05 Å². The molecule has 1 atom stereocenters. The summed E-state index contributed by atoms with van der Waals surface area (Å²) >= 11 is 0. The number of amides is 1. The van der Waals surface area contributed by atoms with Gasteiger partial charge >= 0.3 is 5.97 Å². The van der Waals surface area contributed by atoms with Gasteiger partial charge in [-0.15, -0.1) is 0 Å². The van der Waals surface area contributed by atoms with Crippen LogP contribution in [-0.4, -0.2) is 32.8 Å². The van der Waals surface area contributed by atoms with Crippen molar-refractivity contribution in [1.29, 1.82) is 0 Å². The van der Waals surface area contributed by atoms with E-state index in [2.05, 4.69) is 17.3 Å². The molecular formula is C19H27N3O3. The Balaban J connectivity index is 1.57. The largest absolute Gasteiger partial charge is 0.478 e. The molecule has 0 spiro atoms. The third-order valence-electron chi connectivity index (χ3n) is 6.81. The van der Waals surface area contributed by atoms with Gasteiger partial charge < -0.3 is 10.4 Å². The van der Waals surface area contributed by atoms with Crippen molar-refractivity contribution in [2.24, 2.45) is 30.2 Å². The molecule has 0 unspecified atom stereocenters. The number of aromatic carboxylic acids is 1. The van der Waals surface area contributed by atoms with E-state index in [1.807, 2.05) is 0 Å². The summed E-state index contributed by atoms with van der Waals surface area (Å²) in [5.74, 6) is 1.01. The number of aromatic nitrogens is 2. The van der Waals surface area contributed by atoms with Gasteiger partial charge in [0, 0.05) is 19.3 Å². The summed E-state index contributed by atoms with van der Waals surface area (Å²) < 4.78 is 1.39. The Morgan fingerprint density at radius 2 is 1.84 bits per heavy atom. The molecule has 4 aliphatic carbocycles. The molecule has 4 bridgehead atoms. The van der Waals surface area contributed by atoms with E-state index in [4.69, 9.17) is 0 Å². The van der Waals surface area contributed by atoms with Crippen molar-refractivity contribution in [3.63, 3.8) is 0 Å². The van der Waals surface area contributed by atoms with Crippen LogP contribution in [0.15, 0.2) is 6.20 Å². The monoisotopic (exact) mass is 345 g/mol. The van der Waals surface area contributed by atoms with E-state index >= 15 is 0 Å². The molecule has 1 amide bonds. The first kappa shape index (κ1) is 16.6. The minimum Gasteiger partial charge on any atom is -0.478 e. The number of carbonyl (C=O) groups excluding carboxylic acids is 1. The number of hydrogen-bond acceptors (Lipinski definition) is 3. The Morgan fingerprint density at radius 3 is 2.32 bits per heavy atom. The molecule has 6 nitrogen and oxygen atoms in total. The van der Waals surface area contributed by atoms with E-state index in [9.17, 15) is 14.7 Å². The molecule has 136 valence electrons. The highest BCUT2D eigenvalue weighted by atomic mass is 16.4. The normalized spacial score (nSPS) is 34.1. The van der Waals surface area contributed by atoms with Crippen molar-refractivity contribution in [3.8, 4) is 0 Å². The van der Waals surface area contributed by atoms with Crippen molar-refractivity contribution in [3.05, 3.63) is 17.5 Å². The van der Waals surface area contributed by atoms with Crippen LogP contribution in [0.5, 0.6) is 0 Å². The molecule has 0 radical (unpaired) electrons. The van der Waals surface area contributed by atoms with Crippen molar-refractivity contribution in [2.45, 2.75) is 57.9 Å². The molecule has 4 saturated carbocycles. The van der Waals surface area contributed by atoms with Crippen LogP contribution in [0.3, 0.4) is 0 Å². The zero-order valence-corrected chi connectivity index (χ0v) is 15.0. The third kappa shape index (κ3) is 2.75. The lowest BCUT2D eigenvalue weighted by Crippen LogP contribution is -2.56. The van der Waals surface area contributed by atoms with Gasteiger partial charge in [-0.1, -0.05) is 6.92 Å². The van der Waals surface area contributed by atoms with Crippen molar-refractivity contribution < 1.29 is 14.7 Å². The molecule has 1 heterocycles. The smallest absolute Gasteiger partial charge is 0.339 e. The van der Waals surface area contributed by atoms with Gasteiger partial charge in [0.25, 0.3) is 5.91 Å². The topological polar surface area (TPSA) is 84.2 Å². The quantitative estimate of drug-likeness (QED) is 0.859. The molecule has 4 aliphatic rings. The number of aryl methyl sites for hydroxylation is 1. The minimum atomic E-state index is -1.11. The highest BCUT2D eigenvalue weighted by Crippen LogP contribution is 2.61. The fourth-order valence-corrected chi connectivity index (χ4v) is 6.33. The zero-order valence-electron chi connectivity index (χ0n) is 15.0. The maximum absolute atomic E-state index is 12.8. The van der Waals surface area contributed by atoms with Crippen LogP contribution in [0.2, 0.25) is 0 Å². The Bertz CT molecular complexity index is 673. The van der Waals surface area contributed by atoms with E-state index in [-0.39, 0.29) is 28.6 Å². The predicted molar refractivity (Wildman–Crippen MR) is 92.3 cm³/mol. The molecule has 0 saturated heterocycles. The van der Waals surface area contributed by atoms with Crippen LogP contribution in [0, 0.1) is 23.2 Å². The summed E-state index contributed by atoms with van der Waals surface area (Å²) in [7, 11) is 1.64. The maximum Gasteiger partial charge on any atom is 0.339 e. The van der Waals surface area contributed by atoms with Gasteiger partial charge in [0.1, 0.15) is 5.56 Å². The molecule has 25 heavy (non-hydrogen) atoms. The van der Waals surface area contributed by atoms with Crippen molar-refractivity contribution in [1.82, 2.24) is 15.1 Å². The lowest BCUT2D eigenvalue weighted by atomic mass is 9.47. The standard InChI is InChI=1S/C19H27N3O3/c1-3-15(19-7-11-4-12(8-19)6-13(5-11)9-19)20-17(23)16-14(18(24)25)10-22(2)21-16/h10-13,15H,3-9H2,1-2H3,(H,20,23)(H,24,25)/t11?,12?,13?,15-,19?/m0/s1. The van der Waals surface area contributed by atoms with Crippen LogP contribution in [0.1, 0.15) is 72.7 Å². The highest BCUT2D eigenvalue weighted by molar-refractivity contribution is 6.03. The Hall–Kier alpha value is -1.85. The molecular weight excluding hydrogens is 318 g/mol. The first-order valence-corrected chi connectivity index (χ1v) is 9.48. The average Bonchev–Trinajstić information content (AvgIpc) is 2.93. The minimum absolute atomic E-state index is 0.0261. The summed E-state index contributed by atoms with van der Waals surface area (Å²) in [5, 5.41) is 16.6.